The van der Waals surface area contributed by atoms with Crippen LogP contribution in [0, 0.1) is 16.0 Å². The number of carbonyl (C=O) groups is 3. The SMILES string of the molecule is CC1=NC(=O)N(C(=O)N2CCOCC2)C(c2cccc([N+](=O)[O-])c2)C1C(=O)OCCN(C)Cc1ccccc1. The fourth-order valence-corrected chi connectivity index (χ4v) is 4.71. The Bertz CT molecular complexity index is 1250. The zero-order chi connectivity index (χ0) is 27.9. The average molecular weight is 538 g/mol. The molecule has 0 N–H and O–H groups in total. The summed E-state index contributed by atoms with van der Waals surface area (Å²) in [7, 11) is 1.90. The second-order valence-corrected chi connectivity index (χ2v) is 9.45. The number of nitro benzene ring substituents is 1. The lowest BCUT2D eigenvalue weighted by molar-refractivity contribution is -0.385. The Morgan fingerprint density at radius 3 is 2.56 bits per heavy atom. The van der Waals surface area contributed by atoms with Gasteiger partial charge in [0.15, 0.2) is 0 Å². The van der Waals surface area contributed by atoms with Crippen LogP contribution in [-0.2, 0) is 20.8 Å². The Labute approximate surface area is 225 Å². The minimum absolute atomic E-state index is 0.0684. The summed E-state index contributed by atoms with van der Waals surface area (Å²) in [5, 5.41) is 11.5. The molecule has 2 heterocycles. The molecule has 206 valence electrons. The molecule has 1 fully saturated rings. The normalized spacial score (nSPS) is 19.6. The van der Waals surface area contributed by atoms with Crippen LogP contribution in [0.4, 0.5) is 15.3 Å². The number of rotatable bonds is 8. The van der Waals surface area contributed by atoms with E-state index in [1.165, 1.54) is 30.0 Å². The second-order valence-electron chi connectivity index (χ2n) is 9.45. The molecule has 0 aliphatic carbocycles. The van der Waals surface area contributed by atoms with Crippen LogP contribution in [0.25, 0.3) is 0 Å². The number of amides is 4. The van der Waals surface area contributed by atoms with E-state index in [1.54, 1.807) is 6.07 Å². The molecule has 2 aliphatic heterocycles. The van der Waals surface area contributed by atoms with Crippen molar-refractivity contribution in [2.45, 2.75) is 19.5 Å². The molecule has 12 heteroatoms. The first-order valence-corrected chi connectivity index (χ1v) is 12.6. The summed E-state index contributed by atoms with van der Waals surface area (Å²) < 4.78 is 10.9. The number of carbonyl (C=O) groups excluding carboxylic acids is 3. The number of hydrogen-bond donors (Lipinski definition) is 0. The third kappa shape index (κ3) is 6.65. The van der Waals surface area contributed by atoms with Crippen LogP contribution >= 0.6 is 0 Å². The molecule has 4 rings (SSSR count). The average Bonchev–Trinajstić information content (AvgIpc) is 2.93. The van der Waals surface area contributed by atoms with E-state index in [0.29, 0.717) is 26.3 Å². The van der Waals surface area contributed by atoms with Gasteiger partial charge in [0, 0.05) is 44.0 Å². The number of likely N-dealkylation sites (N-methyl/N-ethyl adjacent to an activating group) is 1. The second kappa shape index (κ2) is 12.6. The fourth-order valence-electron chi connectivity index (χ4n) is 4.71. The van der Waals surface area contributed by atoms with Gasteiger partial charge in [-0.3, -0.25) is 19.8 Å². The standard InChI is InChI=1S/C27H31N5O7/c1-19-23(25(33)39-16-11-29(2)18-20-7-4-3-5-8-20)24(21-9-6-10-22(17-21)32(36)37)31(26(34)28-19)27(35)30-12-14-38-15-13-30/h3-10,17,23-24H,11-16,18H2,1-2H3. The number of urea groups is 2. The van der Waals surface area contributed by atoms with Crippen molar-refractivity contribution in [3.63, 3.8) is 0 Å². The maximum Gasteiger partial charge on any atom is 0.352 e. The lowest BCUT2D eigenvalue weighted by Gasteiger charge is -2.40. The fraction of sp³-hybridized carbons (Fsp3) is 0.407. The van der Waals surface area contributed by atoms with Gasteiger partial charge in [-0.15, -0.1) is 0 Å². The molecule has 12 nitrogen and oxygen atoms in total. The van der Waals surface area contributed by atoms with Gasteiger partial charge in [-0.25, -0.2) is 19.5 Å². The van der Waals surface area contributed by atoms with Crippen LogP contribution in [-0.4, -0.2) is 89.9 Å². The van der Waals surface area contributed by atoms with E-state index in [0.717, 1.165) is 10.5 Å². The minimum Gasteiger partial charge on any atom is -0.464 e. The molecule has 2 atom stereocenters. The molecule has 2 unspecified atom stereocenters. The van der Waals surface area contributed by atoms with Crippen molar-refractivity contribution in [1.29, 1.82) is 0 Å². The minimum atomic E-state index is -1.17. The zero-order valence-corrected chi connectivity index (χ0v) is 21.9. The highest BCUT2D eigenvalue weighted by molar-refractivity contribution is 6.11. The van der Waals surface area contributed by atoms with Crippen molar-refractivity contribution in [3.8, 4) is 0 Å². The number of benzene rings is 2. The van der Waals surface area contributed by atoms with E-state index < -0.39 is 34.9 Å². The van der Waals surface area contributed by atoms with Crippen LogP contribution in [0.15, 0.2) is 59.6 Å². The van der Waals surface area contributed by atoms with Crippen molar-refractivity contribution in [2.75, 3.05) is 46.5 Å². The summed E-state index contributed by atoms with van der Waals surface area (Å²) in [6.45, 7) is 3.82. The predicted octanol–water partition coefficient (Wildman–Crippen LogP) is 3.28. The van der Waals surface area contributed by atoms with Crippen LogP contribution in [0.5, 0.6) is 0 Å². The lowest BCUT2D eigenvalue weighted by Crippen LogP contribution is -2.55. The van der Waals surface area contributed by atoms with Crippen molar-refractivity contribution >= 4 is 29.4 Å². The van der Waals surface area contributed by atoms with Gasteiger partial charge in [-0.2, -0.15) is 0 Å². The first-order valence-electron chi connectivity index (χ1n) is 12.6. The zero-order valence-electron chi connectivity index (χ0n) is 21.9. The molecule has 39 heavy (non-hydrogen) atoms. The number of nitro groups is 1. The lowest BCUT2D eigenvalue weighted by atomic mass is 9.86. The molecule has 1 saturated heterocycles. The van der Waals surface area contributed by atoms with Crippen LogP contribution in [0.3, 0.4) is 0 Å². The summed E-state index contributed by atoms with van der Waals surface area (Å²) in [5.74, 6) is -1.80. The van der Waals surface area contributed by atoms with Gasteiger partial charge in [-0.05, 0) is 25.1 Å². The Balaban J connectivity index is 1.58. The highest BCUT2D eigenvalue weighted by Crippen LogP contribution is 2.37. The van der Waals surface area contributed by atoms with Gasteiger partial charge in [0.05, 0.1) is 24.2 Å². The third-order valence-corrected chi connectivity index (χ3v) is 6.70. The first-order chi connectivity index (χ1) is 18.8. The van der Waals surface area contributed by atoms with Gasteiger partial charge < -0.3 is 14.4 Å². The van der Waals surface area contributed by atoms with Crippen molar-refractivity contribution < 1.29 is 28.8 Å². The Morgan fingerprint density at radius 2 is 1.87 bits per heavy atom. The smallest absolute Gasteiger partial charge is 0.352 e. The third-order valence-electron chi connectivity index (χ3n) is 6.70. The van der Waals surface area contributed by atoms with Crippen LogP contribution in [0.2, 0.25) is 0 Å². The van der Waals surface area contributed by atoms with E-state index in [-0.39, 0.29) is 36.7 Å². The topological polar surface area (TPSA) is 135 Å². The monoisotopic (exact) mass is 537 g/mol. The molecule has 2 aromatic carbocycles. The molecule has 0 radical (unpaired) electrons. The van der Waals surface area contributed by atoms with Crippen molar-refractivity contribution in [3.05, 3.63) is 75.8 Å². The van der Waals surface area contributed by atoms with E-state index in [2.05, 4.69) is 4.99 Å². The van der Waals surface area contributed by atoms with Gasteiger partial charge in [-0.1, -0.05) is 42.5 Å². The largest absolute Gasteiger partial charge is 0.464 e. The number of nitrogens with zero attached hydrogens (tertiary/aromatic N) is 5. The van der Waals surface area contributed by atoms with Gasteiger partial charge in [0.25, 0.3) is 5.69 Å². The van der Waals surface area contributed by atoms with E-state index in [4.69, 9.17) is 9.47 Å². The molecule has 4 amide bonds. The number of imide groups is 1. The number of ether oxygens (including phenoxy) is 2. The molecule has 0 spiro atoms. The van der Waals surface area contributed by atoms with Gasteiger partial charge in [0.2, 0.25) is 0 Å². The molecule has 0 saturated carbocycles. The molecule has 0 bridgehead atoms. The van der Waals surface area contributed by atoms with Crippen LogP contribution in [0.1, 0.15) is 24.1 Å². The first kappa shape index (κ1) is 27.9. The molecule has 2 aliphatic rings. The molecular weight excluding hydrogens is 506 g/mol. The summed E-state index contributed by atoms with van der Waals surface area (Å²) >= 11 is 0. The van der Waals surface area contributed by atoms with Crippen LogP contribution < -0.4 is 0 Å². The van der Waals surface area contributed by atoms with Gasteiger partial charge in [0.1, 0.15) is 12.5 Å². The Hall–Kier alpha value is -4.16. The summed E-state index contributed by atoms with van der Waals surface area (Å²) in [4.78, 5) is 59.4. The predicted molar refractivity (Wildman–Crippen MR) is 141 cm³/mol. The van der Waals surface area contributed by atoms with Gasteiger partial charge >= 0.3 is 18.0 Å². The number of hydrogen-bond acceptors (Lipinski definition) is 8. The number of aliphatic imine (C=N–C) groups is 1. The molecule has 0 aromatic heterocycles. The van der Waals surface area contributed by atoms with Crippen molar-refractivity contribution in [1.82, 2.24) is 14.7 Å². The highest BCUT2D eigenvalue weighted by Gasteiger charge is 2.47. The summed E-state index contributed by atoms with van der Waals surface area (Å²) in [6.07, 6.45) is 0. The Kier molecular flexibility index (Phi) is 8.99. The number of morpholine rings is 1. The number of non-ortho nitro benzene ring substituents is 1. The van der Waals surface area contributed by atoms with E-state index in [1.807, 2.05) is 42.3 Å². The molecular formula is C27H31N5O7. The maximum absolute atomic E-state index is 13.5. The number of esters is 1. The van der Waals surface area contributed by atoms with E-state index >= 15 is 0 Å². The Morgan fingerprint density at radius 1 is 1.15 bits per heavy atom. The summed E-state index contributed by atoms with van der Waals surface area (Å²) in [6, 6.07) is 12.8. The molecule has 2 aromatic rings. The van der Waals surface area contributed by atoms with E-state index in [9.17, 15) is 24.5 Å². The maximum atomic E-state index is 13.5. The summed E-state index contributed by atoms with van der Waals surface area (Å²) in [5.41, 5.74) is 1.32. The highest BCUT2D eigenvalue weighted by atomic mass is 16.6. The quantitative estimate of drug-likeness (QED) is 0.284. The van der Waals surface area contributed by atoms with Crippen molar-refractivity contribution in [2.24, 2.45) is 10.9 Å².